The lowest BCUT2D eigenvalue weighted by molar-refractivity contribution is -0.127. The Morgan fingerprint density at radius 1 is 1.27 bits per heavy atom. The van der Waals surface area contributed by atoms with E-state index in [4.69, 9.17) is 4.74 Å². The first kappa shape index (κ1) is 18.7. The van der Waals surface area contributed by atoms with E-state index in [1.807, 2.05) is 26.8 Å². The van der Waals surface area contributed by atoms with Gasteiger partial charge < -0.3 is 9.64 Å². The number of nitrogens with one attached hydrogen (secondary N) is 1. The second-order valence-electron chi connectivity index (χ2n) is 6.90. The molecule has 6 nitrogen and oxygen atoms in total. The lowest BCUT2D eigenvalue weighted by Gasteiger charge is -2.24. The average molecular weight is 395 g/mol. The number of sulfonamides is 1. The largest absolute Gasteiger partial charge is 0.490 e. The van der Waals surface area contributed by atoms with E-state index in [1.165, 1.54) is 11.3 Å². The van der Waals surface area contributed by atoms with Gasteiger partial charge in [-0.15, -0.1) is 11.3 Å². The summed E-state index contributed by atoms with van der Waals surface area (Å²) in [5, 5.41) is 0. The Hall–Kier alpha value is -2.06. The van der Waals surface area contributed by atoms with Crippen LogP contribution in [0.5, 0.6) is 5.75 Å². The molecule has 0 atom stereocenters. The van der Waals surface area contributed by atoms with Crippen molar-refractivity contribution in [3.05, 3.63) is 35.2 Å². The monoisotopic (exact) mass is 394 g/mol. The molecule has 0 saturated carbocycles. The van der Waals surface area contributed by atoms with E-state index in [1.54, 1.807) is 36.2 Å². The highest BCUT2D eigenvalue weighted by atomic mass is 32.2. The van der Waals surface area contributed by atoms with E-state index in [0.717, 1.165) is 11.3 Å². The third-order valence-corrected chi connectivity index (χ3v) is 7.40. The molecule has 1 aromatic carbocycles. The highest BCUT2D eigenvalue weighted by molar-refractivity contribution is 7.94. The number of carbonyl (C=O) groups excluding carboxylic acids is 1. The van der Waals surface area contributed by atoms with E-state index in [9.17, 15) is 13.2 Å². The summed E-state index contributed by atoms with van der Waals surface area (Å²) in [6.07, 6.45) is 0.795. The molecule has 0 unspecified atom stereocenters. The van der Waals surface area contributed by atoms with Crippen molar-refractivity contribution in [3.8, 4) is 5.75 Å². The van der Waals surface area contributed by atoms with Crippen LogP contribution in [0.25, 0.3) is 0 Å². The van der Waals surface area contributed by atoms with Gasteiger partial charge in [0.2, 0.25) is 5.91 Å². The number of ether oxygens (including phenoxy) is 1. The molecule has 2 heterocycles. The highest BCUT2D eigenvalue weighted by Crippen LogP contribution is 2.38. The van der Waals surface area contributed by atoms with Crippen LogP contribution in [0.1, 0.15) is 25.6 Å². The number of thiophene rings is 1. The summed E-state index contributed by atoms with van der Waals surface area (Å²) in [4.78, 5) is 15.1. The Kier molecular flexibility index (Phi) is 4.74. The standard InChI is InChI=1S/C18H22N2O4S2/c1-5-13-7-9-16(25-13)26(22,23)19-12-6-8-14-15(10-12)24-11-18(2,3)17(21)20(14)4/h6-10,19H,5,11H2,1-4H3. The van der Waals surface area contributed by atoms with Gasteiger partial charge in [-0.05, 0) is 44.5 Å². The van der Waals surface area contributed by atoms with Crippen LogP contribution >= 0.6 is 11.3 Å². The number of nitrogens with zero attached hydrogens (tertiary/aromatic N) is 1. The maximum atomic E-state index is 12.6. The van der Waals surface area contributed by atoms with Crippen molar-refractivity contribution in [2.45, 2.75) is 31.4 Å². The van der Waals surface area contributed by atoms with Crippen molar-refractivity contribution in [1.82, 2.24) is 0 Å². The summed E-state index contributed by atoms with van der Waals surface area (Å²) in [7, 11) is -1.96. The van der Waals surface area contributed by atoms with Gasteiger partial charge in [-0.1, -0.05) is 6.92 Å². The topological polar surface area (TPSA) is 75.7 Å². The number of carbonyl (C=O) groups is 1. The molecule has 0 fully saturated rings. The molecule has 26 heavy (non-hydrogen) atoms. The van der Waals surface area contributed by atoms with Gasteiger partial charge >= 0.3 is 0 Å². The first-order valence-corrected chi connectivity index (χ1v) is 10.6. The molecule has 8 heteroatoms. The van der Waals surface area contributed by atoms with Gasteiger partial charge in [0.05, 0.1) is 16.8 Å². The van der Waals surface area contributed by atoms with Gasteiger partial charge in [-0.2, -0.15) is 0 Å². The number of rotatable bonds is 4. The maximum absolute atomic E-state index is 12.6. The molecule has 3 rings (SSSR count). The molecule has 1 aromatic heterocycles. The first-order chi connectivity index (χ1) is 12.1. The molecule has 0 bridgehead atoms. The minimum Gasteiger partial charge on any atom is -0.490 e. The van der Waals surface area contributed by atoms with Gasteiger partial charge in [0.1, 0.15) is 16.6 Å². The van der Waals surface area contributed by atoms with Crippen LogP contribution in [0.15, 0.2) is 34.5 Å². The Morgan fingerprint density at radius 2 is 2.00 bits per heavy atom. The van der Waals surface area contributed by atoms with E-state index in [2.05, 4.69) is 4.72 Å². The molecule has 140 valence electrons. The lowest BCUT2D eigenvalue weighted by atomic mass is 9.93. The van der Waals surface area contributed by atoms with Gasteiger partial charge in [0, 0.05) is 18.0 Å². The van der Waals surface area contributed by atoms with Gasteiger partial charge in [0.15, 0.2) is 0 Å². The number of fused-ring (bicyclic) bond motifs is 1. The quantitative estimate of drug-likeness (QED) is 0.861. The summed E-state index contributed by atoms with van der Waals surface area (Å²) in [6.45, 7) is 5.86. The number of benzene rings is 1. The molecular weight excluding hydrogens is 372 g/mol. The van der Waals surface area contributed by atoms with Crippen molar-refractivity contribution in [3.63, 3.8) is 0 Å². The fraction of sp³-hybridized carbons (Fsp3) is 0.389. The van der Waals surface area contributed by atoms with Crippen LogP contribution in [-0.2, 0) is 21.2 Å². The van der Waals surface area contributed by atoms with E-state index >= 15 is 0 Å². The molecular formula is C18H22N2O4S2. The minimum absolute atomic E-state index is 0.0461. The van der Waals surface area contributed by atoms with E-state index in [0.29, 0.717) is 17.1 Å². The van der Waals surface area contributed by atoms with Crippen molar-refractivity contribution in [2.24, 2.45) is 5.41 Å². The third-order valence-electron chi connectivity index (χ3n) is 4.30. The zero-order valence-corrected chi connectivity index (χ0v) is 16.8. The summed E-state index contributed by atoms with van der Waals surface area (Å²) >= 11 is 1.26. The maximum Gasteiger partial charge on any atom is 0.271 e. The summed E-state index contributed by atoms with van der Waals surface area (Å²) in [5.74, 6) is 0.433. The van der Waals surface area contributed by atoms with Crippen molar-refractivity contribution >= 4 is 38.6 Å². The van der Waals surface area contributed by atoms with Crippen LogP contribution < -0.4 is 14.4 Å². The number of anilines is 2. The third kappa shape index (κ3) is 3.43. The number of hydrogen-bond acceptors (Lipinski definition) is 5. The predicted molar refractivity (Wildman–Crippen MR) is 104 cm³/mol. The highest BCUT2D eigenvalue weighted by Gasteiger charge is 2.36. The summed E-state index contributed by atoms with van der Waals surface area (Å²) in [5.41, 5.74) is 0.365. The zero-order valence-electron chi connectivity index (χ0n) is 15.2. The second kappa shape index (κ2) is 6.59. The molecule has 0 aliphatic carbocycles. The fourth-order valence-electron chi connectivity index (χ4n) is 2.75. The summed E-state index contributed by atoms with van der Waals surface area (Å²) in [6, 6.07) is 8.38. The van der Waals surface area contributed by atoms with Crippen molar-refractivity contribution in [1.29, 1.82) is 0 Å². The molecule has 1 N–H and O–H groups in total. The summed E-state index contributed by atoms with van der Waals surface area (Å²) < 4.78 is 33.8. The van der Waals surface area contributed by atoms with Gasteiger partial charge in [-0.3, -0.25) is 9.52 Å². The van der Waals surface area contributed by atoms with Crippen LogP contribution in [0.4, 0.5) is 11.4 Å². The Labute approximate surface area is 157 Å². The molecule has 2 aromatic rings. The molecule has 0 saturated heterocycles. The normalized spacial score (nSPS) is 16.6. The van der Waals surface area contributed by atoms with Gasteiger partial charge in [-0.25, -0.2) is 8.42 Å². The van der Waals surface area contributed by atoms with Crippen LogP contribution in [0.3, 0.4) is 0 Å². The number of hydrogen-bond donors (Lipinski definition) is 1. The van der Waals surface area contributed by atoms with Crippen molar-refractivity contribution in [2.75, 3.05) is 23.3 Å². The minimum atomic E-state index is -3.65. The fourth-order valence-corrected chi connectivity index (χ4v) is 5.10. The molecule has 1 amide bonds. The smallest absolute Gasteiger partial charge is 0.271 e. The second-order valence-corrected chi connectivity index (χ2v) is 9.98. The SMILES string of the molecule is CCc1ccc(S(=O)(=O)Nc2ccc3c(c2)OCC(C)(C)C(=O)N3C)s1. The van der Waals surface area contributed by atoms with E-state index in [-0.39, 0.29) is 16.7 Å². The predicted octanol–water partition coefficient (Wildman–Crippen LogP) is 3.49. The lowest BCUT2D eigenvalue weighted by Crippen LogP contribution is -2.39. The Bertz CT molecular complexity index is 948. The Balaban J connectivity index is 1.90. The molecule has 0 spiro atoms. The molecule has 0 radical (unpaired) electrons. The van der Waals surface area contributed by atoms with Crippen LogP contribution in [0.2, 0.25) is 0 Å². The average Bonchev–Trinajstić information content (AvgIpc) is 3.06. The molecule has 1 aliphatic rings. The number of aryl methyl sites for hydroxylation is 1. The van der Waals surface area contributed by atoms with Crippen LogP contribution in [-0.4, -0.2) is 28.0 Å². The first-order valence-electron chi connectivity index (χ1n) is 8.30. The van der Waals surface area contributed by atoms with Gasteiger partial charge in [0.25, 0.3) is 10.0 Å². The number of amides is 1. The molecule has 1 aliphatic heterocycles. The zero-order chi connectivity index (χ0) is 19.1. The Morgan fingerprint density at radius 3 is 2.65 bits per heavy atom. The van der Waals surface area contributed by atoms with E-state index < -0.39 is 15.4 Å². The van der Waals surface area contributed by atoms with Crippen molar-refractivity contribution < 1.29 is 17.9 Å². The van der Waals surface area contributed by atoms with Crippen LogP contribution in [0, 0.1) is 5.41 Å².